The highest BCUT2D eigenvalue weighted by Crippen LogP contribution is 2.18. The Hall–Kier alpha value is -1.41. The number of ether oxygens (including phenoxy) is 2. The highest BCUT2D eigenvalue weighted by Gasteiger charge is 2.32. The summed E-state index contributed by atoms with van der Waals surface area (Å²) in [7, 11) is 3.45. The molecule has 0 saturated carbocycles. The fourth-order valence-corrected chi connectivity index (χ4v) is 2.34. The molecule has 1 aromatic rings. The van der Waals surface area contributed by atoms with Crippen molar-refractivity contribution >= 4 is 0 Å². The summed E-state index contributed by atoms with van der Waals surface area (Å²) in [4.78, 5) is 2.31. The minimum absolute atomic E-state index is 0.147. The third-order valence-electron chi connectivity index (χ3n) is 3.39. The lowest BCUT2D eigenvalue weighted by Crippen LogP contribution is -2.27. The summed E-state index contributed by atoms with van der Waals surface area (Å²) in [5, 5.41) is 8.75. The highest BCUT2D eigenvalue weighted by molar-refractivity contribution is 5.31. The van der Waals surface area contributed by atoms with Gasteiger partial charge in [0.1, 0.15) is 0 Å². The van der Waals surface area contributed by atoms with Gasteiger partial charge in [0.15, 0.2) is 0 Å². The molecule has 0 bridgehead atoms. The molecule has 0 amide bonds. The molecule has 1 aromatic carbocycles. The van der Waals surface area contributed by atoms with Gasteiger partial charge in [0.2, 0.25) is 0 Å². The molecule has 0 aromatic heterocycles. The second-order valence-electron chi connectivity index (χ2n) is 4.55. The number of methoxy groups -OCH3 is 2. The van der Waals surface area contributed by atoms with E-state index in [1.165, 1.54) is 5.56 Å². The summed E-state index contributed by atoms with van der Waals surface area (Å²) in [6.45, 7) is 2.63. The number of hydrogen-bond acceptors (Lipinski definition) is 4. The molecular formula is C14H18N2O2. The minimum Gasteiger partial charge on any atom is -0.377 e. The van der Waals surface area contributed by atoms with Crippen LogP contribution in [0.3, 0.4) is 0 Å². The van der Waals surface area contributed by atoms with E-state index >= 15 is 0 Å². The maximum atomic E-state index is 8.75. The molecule has 1 heterocycles. The molecular weight excluding hydrogens is 228 g/mol. The Balaban J connectivity index is 1.96. The van der Waals surface area contributed by atoms with Crippen LogP contribution in [0.15, 0.2) is 24.3 Å². The first kappa shape index (κ1) is 13.0. The van der Waals surface area contributed by atoms with Gasteiger partial charge in [-0.15, -0.1) is 0 Å². The van der Waals surface area contributed by atoms with Crippen LogP contribution < -0.4 is 0 Å². The topological polar surface area (TPSA) is 45.5 Å². The third kappa shape index (κ3) is 2.88. The summed E-state index contributed by atoms with van der Waals surface area (Å²) in [6.07, 6.45) is 0.293. The molecule has 18 heavy (non-hydrogen) atoms. The van der Waals surface area contributed by atoms with E-state index in [-0.39, 0.29) is 12.2 Å². The van der Waals surface area contributed by atoms with Gasteiger partial charge in [-0.3, -0.25) is 4.90 Å². The van der Waals surface area contributed by atoms with Crippen LogP contribution in [0.2, 0.25) is 0 Å². The van der Waals surface area contributed by atoms with E-state index in [0.717, 1.165) is 19.6 Å². The summed E-state index contributed by atoms with van der Waals surface area (Å²) in [5.74, 6) is 0. The first-order chi connectivity index (χ1) is 8.76. The lowest BCUT2D eigenvalue weighted by molar-refractivity contribution is -0.00461. The van der Waals surface area contributed by atoms with Crippen LogP contribution in [0, 0.1) is 11.3 Å². The molecule has 0 unspecified atom stereocenters. The molecule has 1 aliphatic heterocycles. The molecule has 1 aliphatic rings. The predicted molar refractivity (Wildman–Crippen MR) is 68.0 cm³/mol. The highest BCUT2D eigenvalue weighted by atomic mass is 16.5. The largest absolute Gasteiger partial charge is 0.377 e. The second kappa shape index (κ2) is 5.96. The Morgan fingerprint density at radius 3 is 2.17 bits per heavy atom. The predicted octanol–water partition coefficient (Wildman–Crippen LogP) is 1.40. The summed E-state index contributed by atoms with van der Waals surface area (Å²) in [6, 6.07) is 9.84. The molecule has 96 valence electrons. The number of benzene rings is 1. The van der Waals surface area contributed by atoms with Gasteiger partial charge in [-0.1, -0.05) is 12.1 Å². The van der Waals surface area contributed by atoms with E-state index in [4.69, 9.17) is 14.7 Å². The first-order valence-electron chi connectivity index (χ1n) is 6.03. The van der Waals surface area contributed by atoms with Crippen LogP contribution in [0.25, 0.3) is 0 Å². The van der Waals surface area contributed by atoms with Gasteiger partial charge in [-0.05, 0) is 17.7 Å². The maximum Gasteiger partial charge on any atom is 0.0991 e. The molecule has 2 rings (SSSR count). The smallest absolute Gasteiger partial charge is 0.0991 e. The monoisotopic (exact) mass is 246 g/mol. The van der Waals surface area contributed by atoms with E-state index in [0.29, 0.717) is 5.56 Å². The van der Waals surface area contributed by atoms with Crippen molar-refractivity contribution in [3.8, 4) is 6.07 Å². The van der Waals surface area contributed by atoms with Crippen molar-refractivity contribution < 1.29 is 9.47 Å². The van der Waals surface area contributed by atoms with Gasteiger partial charge in [-0.25, -0.2) is 0 Å². The summed E-state index contributed by atoms with van der Waals surface area (Å²) < 4.78 is 10.8. The molecule has 0 radical (unpaired) electrons. The van der Waals surface area contributed by atoms with Crippen molar-refractivity contribution in [3.63, 3.8) is 0 Å². The molecule has 0 spiro atoms. The molecule has 2 atom stereocenters. The van der Waals surface area contributed by atoms with Crippen molar-refractivity contribution in [2.45, 2.75) is 18.8 Å². The van der Waals surface area contributed by atoms with Crippen LogP contribution >= 0.6 is 0 Å². The van der Waals surface area contributed by atoms with E-state index < -0.39 is 0 Å². The Labute approximate surface area is 108 Å². The van der Waals surface area contributed by atoms with Crippen LogP contribution in [0.4, 0.5) is 0 Å². The van der Waals surface area contributed by atoms with Crippen molar-refractivity contribution in [3.05, 3.63) is 35.4 Å². The Morgan fingerprint density at radius 2 is 1.72 bits per heavy atom. The van der Waals surface area contributed by atoms with E-state index in [1.807, 2.05) is 24.3 Å². The van der Waals surface area contributed by atoms with Crippen molar-refractivity contribution in [1.29, 1.82) is 5.26 Å². The SMILES string of the molecule is CO[C@@H]1CN(Cc2ccc(C#N)cc2)C[C@H]1OC. The number of nitriles is 1. The molecule has 0 N–H and O–H groups in total. The van der Waals surface area contributed by atoms with Gasteiger partial charge in [0.05, 0.1) is 23.8 Å². The number of rotatable bonds is 4. The van der Waals surface area contributed by atoms with Gasteiger partial charge >= 0.3 is 0 Å². The van der Waals surface area contributed by atoms with E-state index in [2.05, 4.69) is 11.0 Å². The Bertz CT molecular complexity index is 412. The summed E-state index contributed by atoms with van der Waals surface area (Å²) >= 11 is 0. The van der Waals surface area contributed by atoms with Crippen molar-refractivity contribution in [2.75, 3.05) is 27.3 Å². The lowest BCUT2D eigenvalue weighted by atomic mass is 10.1. The molecule has 4 nitrogen and oxygen atoms in total. The lowest BCUT2D eigenvalue weighted by Gasteiger charge is -2.14. The zero-order chi connectivity index (χ0) is 13.0. The number of nitrogens with zero attached hydrogens (tertiary/aromatic N) is 2. The number of likely N-dealkylation sites (tertiary alicyclic amines) is 1. The van der Waals surface area contributed by atoms with Gasteiger partial charge in [-0.2, -0.15) is 5.26 Å². The Morgan fingerprint density at radius 1 is 1.17 bits per heavy atom. The first-order valence-corrected chi connectivity index (χ1v) is 6.03. The normalized spacial score (nSPS) is 24.1. The van der Waals surface area contributed by atoms with Crippen LogP contribution in [0.5, 0.6) is 0 Å². The fourth-order valence-electron chi connectivity index (χ4n) is 2.34. The zero-order valence-electron chi connectivity index (χ0n) is 10.8. The standard InChI is InChI=1S/C14H18N2O2/c1-17-13-9-16(10-14(13)18-2)8-12-5-3-11(7-15)4-6-12/h3-6,13-14H,8-10H2,1-2H3/t13-,14-/m1/s1. The zero-order valence-corrected chi connectivity index (χ0v) is 10.8. The maximum absolute atomic E-state index is 8.75. The van der Waals surface area contributed by atoms with Crippen LogP contribution in [-0.2, 0) is 16.0 Å². The third-order valence-corrected chi connectivity index (χ3v) is 3.39. The van der Waals surface area contributed by atoms with E-state index in [9.17, 15) is 0 Å². The van der Waals surface area contributed by atoms with Gasteiger partial charge in [0, 0.05) is 33.9 Å². The molecule has 0 aliphatic carbocycles. The average molecular weight is 246 g/mol. The van der Waals surface area contributed by atoms with Gasteiger partial charge in [0.25, 0.3) is 0 Å². The second-order valence-corrected chi connectivity index (χ2v) is 4.55. The minimum atomic E-state index is 0.147. The summed E-state index contributed by atoms with van der Waals surface area (Å²) in [5.41, 5.74) is 1.91. The molecule has 1 fully saturated rings. The van der Waals surface area contributed by atoms with Gasteiger partial charge < -0.3 is 9.47 Å². The quantitative estimate of drug-likeness (QED) is 0.805. The van der Waals surface area contributed by atoms with E-state index in [1.54, 1.807) is 14.2 Å². The van der Waals surface area contributed by atoms with Crippen molar-refractivity contribution in [1.82, 2.24) is 4.90 Å². The van der Waals surface area contributed by atoms with Crippen LogP contribution in [-0.4, -0.2) is 44.4 Å². The Kier molecular flexibility index (Phi) is 4.32. The number of hydrogen-bond donors (Lipinski definition) is 0. The molecule has 4 heteroatoms. The average Bonchev–Trinajstić information content (AvgIpc) is 2.81. The fraction of sp³-hybridized carbons (Fsp3) is 0.500. The van der Waals surface area contributed by atoms with Crippen LogP contribution in [0.1, 0.15) is 11.1 Å². The molecule has 1 saturated heterocycles. The van der Waals surface area contributed by atoms with Crippen molar-refractivity contribution in [2.24, 2.45) is 0 Å².